The summed E-state index contributed by atoms with van der Waals surface area (Å²) >= 11 is 1.83. The second kappa shape index (κ2) is 12.4. The monoisotopic (exact) mass is 643 g/mol. The fraction of sp³-hybridized carbons (Fsp3) is 0. The smallest absolute Gasteiger partial charge is 0.160 e. The van der Waals surface area contributed by atoms with Crippen LogP contribution in [0.15, 0.2) is 176 Å². The van der Waals surface area contributed by atoms with Gasteiger partial charge in [-0.05, 0) is 63.7 Å². The lowest BCUT2D eigenvalue weighted by Gasteiger charge is -2.11. The van der Waals surface area contributed by atoms with E-state index < -0.39 is 0 Å². The first-order chi connectivity index (χ1) is 24.2. The number of nitrogens with zero attached hydrogens (tertiary/aromatic N) is 3. The molecule has 0 amide bonds. The van der Waals surface area contributed by atoms with Crippen molar-refractivity contribution in [1.29, 1.82) is 0 Å². The molecule has 230 valence electrons. The molecule has 9 rings (SSSR count). The highest BCUT2D eigenvalue weighted by atomic mass is 32.1. The molecule has 0 saturated carbocycles. The zero-order chi connectivity index (χ0) is 32.6. The summed E-state index contributed by atoms with van der Waals surface area (Å²) in [6, 6.07) is 57.8. The van der Waals surface area contributed by atoms with Crippen molar-refractivity contribution in [2.75, 3.05) is 0 Å². The van der Waals surface area contributed by atoms with E-state index >= 15 is 0 Å². The SMILES string of the molecule is c1ccc(-c2ccc(-c3ccc(-c4cc(-c5ccc6sc7ccccc7c6c5)nc(-c5ccc(-c6cccnc6)cc5)n4)cc3)cc2)cc1. The van der Waals surface area contributed by atoms with Crippen LogP contribution >= 0.6 is 11.3 Å². The number of hydrogen-bond acceptors (Lipinski definition) is 4. The zero-order valence-electron chi connectivity index (χ0n) is 26.5. The molecule has 0 bridgehead atoms. The summed E-state index contributed by atoms with van der Waals surface area (Å²) in [5.74, 6) is 0.695. The van der Waals surface area contributed by atoms with Gasteiger partial charge in [-0.3, -0.25) is 4.98 Å². The van der Waals surface area contributed by atoms with E-state index in [1.165, 1.54) is 42.4 Å². The third-order valence-electron chi connectivity index (χ3n) is 9.04. The van der Waals surface area contributed by atoms with Crippen LogP contribution in [0.2, 0.25) is 0 Å². The Hall–Kier alpha value is -6.23. The number of pyridine rings is 1. The lowest BCUT2D eigenvalue weighted by molar-refractivity contribution is 1.18. The summed E-state index contributed by atoms with van der Waals surface area (Å²) in [6.45, 7) is 0. The van der Waals surface area contributed by atoms with E-state index in [4.69, 9.17) is 9.97 Å². The summed E-state index contributed by atoms with van der Waals surface area (Å²) in [7, 11) is 0. The maximum absolute atomic E-state index is 5.15. The molecule has 3 aromatic heterocycles. The van der Waals surface area contributed by atoms with Crippen molar-refractivity contribution in [1.82, 2.24) is 15.0 Å². The highest BCUT2D eigenvalue weighted by Gasteiger charge is 2.14. The second-order valence-electron chi connectivity index (χ2n) is 12.1. The third-order valence-corrected chi connectivity index (χ3v) is 10.2. The van der Waals surface area contributed by atoms with E-state index in [9.17, 15) is 0 Å². The van der Waals surface area contributed by atoms with E-state index in [1.807, 2.05) is 29.7 Å². The molecule has 0 aliphatic carbocycles. The summed E-state index contributed by atoms with van der Waals surface area (Å²) in [5, 5.41) is 2.53. The molecule has 0 spiro atoms. The van der Waals surface area contributed by atoms with Crippen LogP contribution in [0.25, 0.3) is 87.5 Å². The molecule has 4 heteroatoms. The van der Waals surface area contributed by atoms with Gasteiger partial charge in [0.05, 0.1) is 11.4 Å². The minimum atomic E-state index is 0.695. The van der Waals surface area contributed by atoms with Gasteiger partial charge in [0.1, 0.15) is 0 Å². The van der Waals surface area contributed by atoms with Gasteiger partial charge in [0.15, 0.2) is 5.82 Å². The Labute approximate surface area is 288 Å². The number of aromatic nitrogens is 3. The molecule has 3 heterocycles. The van der Waals surface area contributed by atoms with Gasteiger partial charge in [-0.1, -0.05) is 133 Å². The Morgan fingerprint density at radius 2 is 0.857 bits per heavy atom. The van der Waals surface area contributed by atoms with E-state index in [0.717, 1.165) is 39.2 Å². The largest absolute Gasteiger partial charge is 0.264 e. The molecule has 0 radical (unpaired) electrons. The summed E-state index contributed by atoms with van der Waals surface area (Å²) < 4.78 is 2.57. The van der Waals surface area contributed by atoms with Gasteiger partial charge >= 0.3 is 0 Å². The van der Waals surface area contributed by atoms with Crippen molar-refractivity contribution in [3.63, 3.8) is 0 Å². The first-order valence-electron chi connectivity index (χ1n) is 16.3. The maximum Gasteiger partial charge on any atom is 0.160 e. The maximum atomic E-state index is 5.15. The zero-order valence-corrected chi connectivity index (χ0v) is 27.3. The van der Waals surface area contributed by atoms with Crippen molar-refractivity contribution < 1.29 is 0 Å². The van der Waals surface area contributed by atoms with Gasteiger partial charge in [0.25, 0.3) is 0 Å². The molecule has 6 aromatic carbocycles. The average molecular weight is 644 g/mol. The molecule has 3 nitrogen and oxygen atoms in total. The Morgan fingerprint density at radius 1 is 0.347 bits per heavy atom. The molecule has 9 aromatic rings. The predicted molar refractivity (Wildman–Crippen MR) is 205 cm³/mol. The molecule has 0 aliphatic heterocycles. The van der Waals surface area contributed by atoms with Gasteiger partial charge in [-0.25, -0.2) is 9.97 Å². The molecular formula is C45H29N3S. The topological polar surface area (TPSA) is 38.7 Å². The summed E-state index contributed by atoms with van der Waals surface area (Å²) in [6.07, 6.45) is 3.68. The number of fused-ring (bicyclic) bond motifs is 3. The lowest BCUT2D eigenvalue weighted by atomic mass is 9.98. The molecule has 49 heavy (non-hydrogen) atoms. The summed E-state index contributed by atoms with van der Waals surface area (Å²) in [4.78, 5) is 14.6. The molecule has 0 atom stereocenters. The van der Waals surface area contributed by atoms with E-state index in [-0.39, 0.29) is 0 Å². The Kier molecular flexibility index (Phi) is 7.34. The average Bonchev–Trinajstić information content (AvgIpc) is 3.57. The highest BCUT2D eigenvalue weighted by Crippen LogP contribution is 2.37. The number of hydrogen-bond donors (Lipinski definition) is 0. The van der Waals surface area contributed by atoms with Gasteiger partial charge in [-0.2, -0.15) is 0 Å². The predicted octanol–water partition coefficient (Wildman–Crippen LogP) is 12.2. The van der Waals surface area contributed by atoms with Crippen LogP contribution in [0.4, 0.5) is 0 Å². The molecule has 0 saturated heterocycles. The first kappa shape index (κ1) is 29.0. The van der Waals surface area contributed by atoms with Crippen molar-refractivity contribution in [3.05, 3.63) is 176 Å². The van der Waals surface area contributed by atoms with Crippen molar-refractivity contribution in [3.8, 4) is 67.3 Å². The number of rotatable bonds is 6. The van der Waals surface area contributed by atoms with Crippen LogP contribution in [0.1, 0.15) is 0 Å². The van der Waals surface area contributed by atoms with Crippen molar-refractivity contribution >= 4 is 31.5 Å². The van der Waals surface area contributed by atoms with Crippen LogP contribution in [-0.4, -0.2) is 15.0 Å². The van der Waals surface area contributed by atoms with Gasteiger partial charge < -0.3 is 0 Å². The van der Waals surface area contributed by atoms with Gasteiger partial charge in [-0.15, -0.1) is 11.3 Å². The third kappa shape index (κ3) is 5.69. The van der Waals surface area contributed by atoms with Crippen molar-refractivity contribution in [2.24, 2.45) is 0 Å². The minimum Gasteiger partial charge on any atom is -0.264 e. The van der Waals surface area contributed by atoms with Gasteiger partial charge in [0, 0.05) is 49.3 Å². The quantitative estimate of drug-likeness (QED) is 0.181. The van der Waals surface area contributed by atoms with E-state index in [2.05, 4.69) is 157 Å². The van der Waals surface area contributed by atoms with Crippen molar-refractivity contribution in [2.45, 2.75) is 0 Å². The molecule has 0 aliphatic rings. The minimum absolute atomic E-state index is 0.695. The summed E-state index contributed by atoms with van der Waals surface area (Å²) in [5.41, 5.74) is 11.8. The van der Waals surface area contributed by atoms with E-state index in [1.54, 1.807) is 6.20 Å². The molecule has 0 unspecified atom stereocenters. The fourth-order valence-electron chi connectivity index (χ4n) is 6.42. The van der Waals surface area contributed by atoms with Crippen LogP contribution < -0.4 is 0 Å². The Balaban J connectivity index is 1.11. The van der Waals surface area contributed by atoms with Crippen LogP contribution in [0, 0.1) is 0 Å². The molecule has 0 fully saturated rings. The fourth-order valence-corrected chi connectivity index (χ4v) is 7.51. The number of benzene rings is 6. The molecular weight excluding hydrogens is 615 g/mol. The van der Waals surface area contributed by atoms with Crippen LogP contribution in [0.3, 0.4) is 0 Å². The number of thiophene rings is 1. The highest BCUT2D eigenvalue weighted by molar-refractivity contribution is 7.25. The normalized spacial score (nSPS) is 11.3. The standard InChI is InChI=1S/C45H29N3S/c1-2-7-30(8-3-1)31-12-14-32(15-13-31)33-16-20-35(21-17-33)41-28-42(37-24-25-44-40(27-37)39-10-4-5-11-43(39)49-44)48-45(47-41)36-22-18-34(19-23-36)38-9-6-26-46-29-38/h1-29H. The lowest BCUT2D eigenvalue weighted by Crippen LogP contribution is -1.96. The second-order valence-corrected chi connectivity index (χ2v) is 13.2. The molecule has 0 N–H and O–H groups in total. The first-order valence-corrected chi connectivity index (χ1v) is 17.1. The Bertz CT molecular complexity index is 2560. The Morgan fingerprint density at radius 3 is 1.53 bits per heavy atom. The van der Waals surface area contributed by atoms with Crippen LogP contribution in [-0.2, 0) is 0 Å². The van der Waals surface area contributed by atoms with E-state index in [0.29, 0.717) is 5.82 Å². The van der Waals surface area contributed by atoms with Gasteiger partial charge in [0.2, 0.25) is 0 Å². The van der Waals surface area contributed by atoms with Crippen LogP contribution in [0.5, 0.6) is 0 Å².